The van der Waals surface area contributed by atoms with Gasteiger partial charge in [-0.2, -0.15) is 0 Å². The van der Waals surface area contributed by atoms with E-state index < -0.39 is 0 Å². The second-order valence-corrected chi connectivity index (χ2v) is 5.00. The van der Waals surface area contributed by atoms with E-state index in [0.717, 1.165) is 24.9 Å². The van der Waals surface area contributed by atoms with Crippen LogP contribution in [0.2, 0.25) is 0 Å². The fourth-order valence-corrected chi connectivity index (χ4v) is 2.55. The van der Waals surface area contributed by atoms with Gasteiger partial charge in [0, 0.05) is 19.6 Å². The van der Waals surface area contributed by atoms with Gasteiger partial charge in [0.2, 0.25) is 5.91 Å². The van der Waals surface area contributed by atoms with Crippen molar-refractivity contribution in [3.63, 3.8) is 0 Å². The van der Waals surface area contributed by atoms with Crippen molar-refractivity contribution in [2.45, 2.75) is 19.4 Å². The Kier molecular flexibility index (Phi) is 4.37. The number of nitrogens with zero attached hydrogens (tertiary/aromatic N) is 1. The first-order chi connectivity index (χ1) is 9.11. The molecule has 5 heteroatoms. The molecule has 2 rings (SSSR count). The summed E-state index contributed by atoms with van der Waals surface area (Å²) in [7, 11) is 1.83. The normalized spacial score (nSPS) is 19.5. The minimum atomic E-state index is -0.295. The van der Waals surface area contributed by atoms with E-state index in [2.05, 4.69) is 5.32 Å². The molecule has 1 aromatic carbocycles. The fourth-order valence-electron chi connectivity index (χ4n) is 2.55. The summed E-state index contributed by atoms with van der Waals surface area (Å²) in [6, 6.07) is 5.23. The summed E-state index contributed by atoms with van der Waals surface area (Å²) in [5, 5.41) is 2.99. The first-order valence-corrected chi connectivity index (χ1v) is 6.59. The molecule has 1 heterocycles. The molecule has 1 atom stereocenters. The highest BCUT2D eigenvalue weighted by atomic mass is 19.1. The van der Waals surface area contributed by atoms with E-state index in [1.54, 1.807) is 12.1 Å². The van der Waals surface area contributed by atoms with Crippen LogP contribution >= 0.6 is 0 Å². The van der Waals surface area contributed by atoms with Crippen molar-refractivity contribution in [3.05, 3.63) is 29.6 Å². The number of halogens is 1. The van der Waals surface area contributed by atoms with Gasteiger partial charge in [-0.1, -0.05) is 6.07 Å². The molecule has 0 spiro atoms. The summed E-state index contributed by atoms with van der Waals surface area (Å²) in [6.07, 6.45) is 1.66. The summed E-state index contributed by atoms with van der Waals surface area (Å²) in [5.41, 5.74) is 6.81. The molecule has 1 aromatic rings. The van der Waals surface area contributed by atoms with Gasteiger partial charge in [0.25, 0.3) is 0 Å². The summed E-state index contributed by atoms with van der Waals surface area (Å²) < 4.78 is 14.1. The van der Waals surface area contributed by atoms with Crippen molar-refractivity contribution in [2.75, 3.05) is 25.0 Å². The SMILES string of the molecule is CNCc1ccc(N2CCCC(C(N)=O)C2)c(F)c1. The monoisotopic (exact) mass is 265 g/mol. The lowest BCUT2D eigenvalue weighted by Crippen LogP contribution is -2.41. The minimum Gasteiger partial charge on any atom is -0.369 e. The van der Waals surface area contributed by atoms with E-state index in [0.29, 0.717) is 18.8 Å². The number of nitrogens with two attached hydrogens (primary N) is 1. The second kappa shape index (κ2) is 6.02. The van der Waals surface area contributed by atoms with Crippen molar-refractivity contribution in [3.8, 4) is 0 Å². The number of benzene rings is 1. The molecule has 3 N–H and O–H groups in total. The lowest BCUT2D eigenvalue weighted by molar-refractivity contribution is -0.122. The largest absolute Gasteiger partial charge is 0.369 e. The topological polar surface area (TPSA) is 58.4 Å². The van der Waals surface area contributed by atoms with E-state index in [1.807, 2.05) is 18.0 Å². The van der Waals surface area contributed by atoms with Crippen LogP contribution in [0.1, 0.15) is 18.4 Å². The number of carbonyl (C=O) groups excluding carboxylic acids is 1. The first-order valence-electron chi connectivity index (χ1n) is 6.59. The Labute approximate surface area is 112 Å². The number of piperidine rings is 1. The highest BCUT2D eigenvalue weighted by Gasteiger charge is 2.25. The number of carbonyl (C=O) groups is 1. The van der Waals surface area contributed by atoms with Crippen LogP contribution in [-0.2, 0) is 11.3 Å². The zero-order valence-corrected chi connectivity index (χ0v) is 11.2. The molecular weight excluding hydrogens is 245 g/mol. The van der Waals surface area contributed by atoms with E-state index in [-0.39, 0.29) is 17.6 Å². The smallest absolute Gasteiger partial charge is 0.222 e. The molecule has 0 aromatic heterocycles. The summed E-state index contributed by atoms with van der Waals surface area (Å²) in [5.74, 6) is -0.708. The molecule has 1 aliphatic heterocycles. The van der Waals surface area contributed by atoms with Gasteiger partial charge in [-0.15, -0.1) is 0 Å². The Balaban J connectivity index is 2.14. The molecule has 0 aliphatic carbocycles. The highest BCUT2D eigenvalue weighted by molar-refractivity contribution is 5.77. The van der Waals surface area contributed by atoms with Gasteiger partial charge < -0.3 is 16.0 Å². The third-order valence-electron chi connectivity index (χ3n) is 3.56. The number of anilines is 1. The maximum atomic E-state index is 14.1. The zero-order chi connectivity index (χ0) is 13.8. The van der Waals surface area contributed by atoms with Crippen LogP contribution in [0.25, 0.3) is 0 Å². The third kappa shape index (κ3) is 3.23. The maximum Gasteiger partial charge on any atom is 0.222 e. The molecule has 0 radical (unpaired) electrons. The molecule has 1 fully saturated rings. The van der Waals surface area contributed by atoms with Crippen LogP contribution in [0, 0.1) is 11.7 Å². The molecule has 4 nitrogen and oxygen atoms in total. The Morgan fingerprint density at radius 3 is 3.00 bits per heavy atom. The number of nitrogens with one attached hydrogen (secondary N) is 1. The van der Waals surface area contributed by atoms with Crippen molar-refractivity contribution >= 4 is 11.6 Å². The molecule has 0 bridgehead atoms. The quantitative estimate of drug-likeness (QED) is 0.861. The van der Waals surface area contributed by atoms with Crippen LogP contribution in [-0.4, -0.2) is 26.0 Å². The zero-order valence-electron chi connectivity index (χ0n) is 11.2. The Bertz CT molecular complexity index is 464. The Morgan fingerprint density at radius 1 is 1.58 bits per heavy atom. The molecule has 1 unspecified atom stereocenters. The van der Waals surface area contributed by atoms with Crippen LogP contribution in [0.3, 0.4) is 0 Å². The average Bonchev–Trinajstić information content (AvgIpc) is 2.39. The van der Waals surface area contributed by atoms with Crippen molar-refractivity contribution < 1.29 is 9.18 Å². The molecule has 1 saturated heterocycles. The molecule has 1 amide bonds. The number of hydrogen-bond acceptors (Lipinski definition) is 3. The predicted octanol–water partition coefficient (Wildman–Crippen LogP) is 1.25. The Morgan fingerprint density at radius 2 is 2.37 bits per heavy atom. The van der Waals surface area contributed by atoms with Crippen LogP contribution in [0.15, 0.2) is 18.2 Å². The van der Waals surface area contributed by atoms with Crippen LogP contribution in [0.4, 0.5) is 10.1 Å². The molecular formula is C14H20FN3O. The number of hydrogen-bond donors (Lipinski definition) is 2. The van der Waals surface area contributed by atoms with Gasteiger partial charge in [0.1, 0.15) is 5.82 Å². The minimum absolute atomic E-state index is 0.176. The number of amides is 1. The van der Waals surface area contributed by atoms with Crippen molar-refractivity contribution in [2.24, 2.45) is 11.7 Å². The van der Waals surface area contributed by atoms with Gasteiger partial charge in [0.05, 0.1) is 11.6 Å². The summed E-state index contributed by atoms with van der Waals surface area (Å²) >= 11 is 0. The predicted molar refractivity (Wildman–Crippen MR) is 73.3 cm³/mol. The van der Waals surface area contributed by atoms with Crippen molar-refractivity contribution in [1.29, 1.82) is 0 Å². The lowest BCUT2D eigenvalue weighted by Gasteiger charge is -2.33. The molecule has 104 valence electrons. The van der Waals surface area contributed by atoms with Gasteiger partial charge >= 0.3 is 0 Å². The fraction of sp³-hybridized carbons (Fsp3) is 0.500. The molecule has 19 heavy (non-hydrogen) atoms. The van der Waals surface area contributed by atoms with Gasteiger partial charge in [-0.3, -0.25) is 4.79 Å². The first kappa shape index (κ1) is 13.8. The maximum absolute atomic E-state index is 14.1. The highest BCUT2D eigenvalue weighted by Crippen LogP contribution is 2.26. The summed E-state index contributed by atoms with van der Waals surface area (Å²) in [4.78, 5) is 13.2. The second-order valence-electron chi connectivity index (χ2n) is 5.00. The van der Waals surface area contributed by atoms with E-state index in [9.17, 15) is 9.18 Å². The van der Waals surface area contributed by atoms with Gasteiger partial charge in [0.15, 0.2) is 0 Å². The number of primary amides is 1. The summed E-state index contributed by atoms with van der Waals surface area (Å²) in [6.45, 7) is 1.92. The average molecular weight is 265 g/mol. The van der Waals surface area contributed by atoms with E-state index in [1.165, 1.54) is 0 Å². The van der Waals surface area contributed by atoms with Crippen molar-refractivity contribution in [1.82, 2.24) is 5.32 Å². The van der Waals surface area contributed by atoms with E-state index in [4.69, 9.17) is 5.73 Å². The molecule has 0 saturated carbocycles. The third-order valence-corrected chi connectivity index (χ3v) is 3.56. The van der Waals surface area contributed by atoms with Crippen LogP contribution in [0.5, 0.6) is 0 Å². The standard InChI is InChI=1S/C14H20FN3O/c1-17-8-10-4-5-13(12(15)7-10)18-6-2-3-11(9-18)14(16)19/h4-5,7,11,17H,2-3,6,8-9H2,1H3,(H2,16,19). The van der Waals surface area contributed by atoms with Crippen LogP contribution < -0.4 is 16.0 Å². The molecule has 1 aliphatic rings. The lowest BCUT2D eigenvalue weighted by atomic mass is 9.97. The Hall–Kier alpha value is -1.62. The van der Waals surface area contributed by atoms with Gasteiger partial charge in [-0.05, 0) is 37.6 Å². The van der Waals surface area contributed by atoms with Gasteiger partial charge in [-0.25, -0.2) is 4.39 Å². The van der Waals surface area contributed by atoms with E-state index >= 15 is 0 Å². The number of rotatable bonds is 4.